The number of hydrogen-bond acceptors (Lipinski definition) is 4. The van der Waals surface area contributed by atoms with Gasteiger partial charge in [0.15, 0.2) is 11.5 Å². The van der Waals surface area contributed by atoms with E-state index in [1.54, 1.807) is 18.2 Å². The first-order valence-electron chi connectivity index (χ1n) is 5.88. The zero-order chi connectivity index (χ0) is 14.5. The maximum Gasteiger partial charge on any atom is 0.265 e. The molecule has 2 N–H and O–H groups in total. The molecule has 0 radical (unpaired) electrons. The molecular weight excluding hydrogens is 272 g/mol. The summed E-state index contributed by atoms with van der Waals surface area (Å²) in [5, 5.41) is 11.0. The van der Waals surface area contributed by atoms with Gasteiger partial charge >= 0.3 is 0 Å². The van der Waals surface area contributed by atoms with Crippen LogP contribution in [0.25, 0.3) is 6.08 Å². The molecule has 0 fully saturated rings. The molecule has 1 aliphatic heterocycles. The second-order valence-electron chi connectivity index (χ2n) is 4.09. The lowest BCUT2D eigenvalue weighted by Gasteiger charge is -2.08. The number of carbonyl (C=O) groups excluding carboxylic acids is 1. The quantitative estimate of drug-likeness (QED) is 0.797. The molecule has 5 nitrogen and oxygen atoms in total. The third kappa shape index (κ3) is 3.67. The minimum absolute atomic E-state index is 0.161. The van der Waals surface area contributed by atoms with Crippen molar-refractivity contribution in [3.63, 3.8) is 0 Å². The molecule has 1 aromatic carbocycles. The monoisotopic (exact) mass is 285 g/mol. The van der Waals surface area contributed by atoms with Gasteiger partial charge in [0.1, 0.15) is 6.10 Å². The molecule has 1 aromatic rings. The third-order valence-corrected chi connectivity index (χ3v) is 2.60. The molecule has 7 heteroatoms. The number of aliphatic hydroxyl groups excluding tert-OH is 1. The van der Waals surface area contributed by atoms with Crippen molar-refractivity contribution in [1.29, 1.82) is 0 Å². The summed E-state index contributed by atoms with van der Waals surface area (Å²) in [5.74, 6) is 0.648. The fourth-order valence-corrected chi connectivity index (χ4v) is 1.54. The van der Waals surface area contributed by atoms with E-state index in [1.807, 2.05) is 0 Å². The molecule has 0 aromatic heterocycles. The highest BCUT2D eigenvalue weighted by Gasteiger charge is 2.16. The maximum atomic E-state index is 12.0. The summed E-state index contributed by atoms with van der Waals surface area (Å²) in [6.45, 7) is -0.337. The van der Waals surface area contributed by atoms with Crippen LogP contribution < -0.4 is 14.8 Å². The molecule has 108 valence electrons. The zero-order valence-corrected chi connectivity index (χ0v) is 10.4. The molecule has 1 heterocycles. The number of halogens is 2. The molecule has 0 aliphatic carbocycles. The molecule has 0 bridgehead atoms. The third-order valence-electron chi connectivity index (χ3n) is 2.60. The van der Waals surface area contributed by atoms with Crippen molar-refractivity contribution < 1.29 is 28.2 Å². The van der Waals surface area contributed by atoms with Crippen molar-refractivity contribution in [2.24, 2.45) is 0 Å². The van der Waals surface area contributed by atoms with E-state index in [0.717, 1.165) is 0 Å². The minimum atomic E-state index is -2.88. The lowest BCUT2D eigenvalue weighted by Crippen LogP contribution is -2.34. The molecule has 20 heavy (non-hydrogen) atoms. The topological polar surface area (TPSA) is 67.8 Å². The van der Waals surface area contributed by atoms with E-state index in [4.69, 9.17) is 14.6 Å². The first kappa shape index (κ1) is 14.3. The average Bonchev–Trinajstić information content (AvgIpc) is 2.89. The number of nitrogens with one attached hydrogen (secondary N) is 1. The molecule has 0 spiro atoms. The highest BCUT2D eigenvalue weighted by Crippen LogP contribution is 2.32. The lowest BCUT2D eigenvalue weighted by atomic mass is 10.2. The summed E-state index contributed by atoms with van der Waals surface area (Å²) in [6.07, 6.45) is -2.05. The van der Waals surface area contributed by atoms with Crippen LogP contribution in [0, 0.1) is 0 Å². The van der Waals surface area contributed by atoms with E-state index in [0.29, 0.717) is 17.1 Å². The molecule has 0 saturated heterocycles. The maximum absolute atomic E-state index is 12.0. The average molecular weight is 285 g/mol. The van der Waals surface area contributed by atoms with Crippen molar-refractivity contribution in [3.8, 4) is 11.5 Å². The molecule has 1 atom stereocenters. The van der Waals surface area contributed by atoms with Gasteiger partial charge in [-0.15, -0.1) is 0 Å². The van der Waals surface area contributed by atoms with Crippen LogP contribution in [0.1, 0.15) is 5.56 Å². The van der Waals surface area contributed by atoms with Crippen molar-refractivity contribution in [1.82, 2.24) is 5.32 Å². The summed E-state index contributed by atoms with van der Waals surface area (Å²) >= 11 is 0. The highest BCUT2D eigenvalue weighted by atomic mass is 19.3. The van der Waals surface area contributed by atoms with Crippen LogP contribution in [-0.2, 0) is 4.79 Å². The fourth-order valence-electron chi connectivity index (χ4n) is 1.54. The minimum Gasteiger partial charge on any atom is -0.454 e. The predicted molar refractivity (Wildman–Crippen MR) is 66.6 cm³/mol. The summed E-state index contributed by atoms with van der Waals surface area (Å²) in [5.41, 5.74) is 0.707. The Labute approximate surface area is 113 Å². The Balaban J connectivity index is 1.87. The standard InChI is InChI=1S/C13H13F2NO4/c14-13(15)9(17)6-16-12(18)4-2-8-1-3-10-11(5-8)20-7-19-10/h1-5,9,13,17H,6-7H2,(H,16,18)/b4-2+. The lowest BCUT2D eigenvalue weighted by molar-refractivity contribution is -0.117. The van der Waals surface area contributed by atoms with Crippen LogP contribution >= 0.6 is 0 Å². The van der Waals surface area contributed by atoms with E-state index in [1.165, 1.54) is 12.2 Å². The van der Waals surface area contributed by atoms with Gasteiger partial charge < -0.3 is 19.9 Å². The van der Waals surface area contributed by atoms with E-state index in [9.17, 15) is 13.6 Å². The van der Waals surface area contributed by atoms with Crippen molar-refractivity contribution in [2.45, 2.75) is 12.5 Å². The Morgan fingerprint density at radius 3 is 2.90 bits per heavy atom. The van der Waals surface area contributed by atoms with Gasteiger partial charge in [-0.1, -0.05) is 6.07 Å². The number of hydrogen-bond donors (Lipinski definition) is 2. The number of aliphatic hydroxyl groups is 1. The Bertz CT molecular complexity index is 519. The number of ether oxygens (including phenoxy) is 2. The molecular formula is C13H13F2NO4. The van der Waals surface area contributed by atoms with Gasteiger partial charge in [-0.3, -0.25) is 4.79 Å². The smallest absolute Gasteiger partial charge is 0.265 e. The Hall–Kier alpha value is -2.15. The van der Waals surface area contributed by atoms with E-state index < -0.39 is 25.0 Å². The number of alkyl halides is 2. The number of fused-ring (bicyclic) bond motifs is 1. The van der Waals surface area contributed by atoms with Crippen molar-refractivity contribution in [2.75, 3.05) is 13.3 Å². The van der Waals surface area contributed by atoms with Crippen LogP contribution in [0.2, 0.25) is 0 Å². The van der Waals surface area contributed by atoms with Gasteiger partial charge in [-0.05, 0) is 23.8 Å². The second-order valence-corrected chi connectivity index (χ2v) is 4.09. The normalized spacial score (nSPS) is 14.8. The predicted octanol–water partition coefficient (Wildman–Crippen LogP) is 1.17. The Morgan fingerprint density at radius 1 is 1.40 bits per heavy atom. The van der Waals surface area contributed by atoms with Crippen LogP contribution in [0.15, 0.2) is 24.3 Å². The van der Waals surface area contributed by atoms with Gasteiger partial charge in [0.2, 0.25) is 12.7 Å². The number of rotatable bonds is 5. The summed E-state index contributed by atoms with van der Waals surface area (Å²) in [6, 6.07) is 5.13. The van der Waals surface area contributed by atoms with E-state index in [2.05, 4.69) is 5.32 Å². The van der Waals surface area contributed by atoms with Crippen molar-refractivity contribution >= 4 is 12.0 Å². The second kappa shape index (κ2) is 6.33. The molecule has 1 amide bonds. The van der Waals surface area contributed by atoms with Gasteiger partial charge in [0.25, 0.3) is 6.43 Å². The van der Waals surface area contributed by atoms with Crippen molar-refractivity contribution in [3.05, 3.63) is 29.8 Å². The molecule has 2 rings (SSSR count). The molecule has 0 saturated carbocycles. The van der Waals surface area contributed by atoms with Crippen LogP contribution in [0.4, 0.5) is 8.78 Å². The fraction of sp³-hybridized carbons (Fsp3) is 0.308. The highest BCUT2D eigenvalue weighted by molar-refractivity contribution is 5.91. The summed E-state index contributed by atoms with van der Waals surface area (Å²) < 4.78 is 34.3. The first-order chi connectivity index (χ1) is 9.56. The molecule has 1 unspecified atom stereocenters. The van der Waals surface area contributed by atoms with Crippen LogP contribution in [0.3, 0.4) is 0 Å². The SMILES string of the molecule is O=C(/C=C/c1ccc2c(c1)OCO2)NCC(O)C(F)F. The molecule has 1 aliphatic rings. The Kier molecular flexibility index (Phi) is 4.52. The summed E-state index contributed by atoms with van der Waals surface area (Å²) in [7, 11) is 0. The number of amides is 1. The van der Waals surface area contributed by atoms with Gasteiger partial charge in [-0.2, -0.15) is 0 Å². The number of benzene rings is 1. The van der Waals surface area contributed by atoms with Gasteiger partial charge in [0, 0.05) is 12.6 Å². The van der Waals surface area contributed by atoms with E-state index in [-0.39, 0.29) is 6.79 Å². The first-order valence-corrected chi connectivity index (χ1v) is 5.88. The largest absolute Gasteiger partial charge is 0.454 e. The summed E-state index contributed by atoms with van der Waals surface area (Å²) in [4.78, 5) is 11.4. The Morgan fingerprint density at radius 2 is 2.15 bits per heavy atom. The zero-order valence-electron chi connectivity index (χ0n) is 10.4. The van der Waals surface area contributed by atoms with Crippen LogP contribution in [0.5, 0.6) is 11.5 Å². The van der Waals surface area contributed by atoms with Gasteiger partial charge in [0.05, 0.1) is 0 Å². The van der Waals surface area contributed by atoms with Crippen LogP contribution in [-0.4, -0.2) is 36.9 Å². The number of carbonyl (C=O) groups is 1. The van der Waals surface area contributed by atoms with E-state index >= 15 is 0 Å². The van der Waals surface area contributed by atoms with Gasteiger partial charge in [-0.25, -0.2) is 8.78 Å².